The van der Waals surface area contributed by atoms with Crippen LogP contribution in [0.15, 0.2) is 72.1 Å². The first-order valence-electron chi connectivity index (χ1n) is 9.63. The Morgan fingerprint density at radius 1 is 1.10 bits per heavy atom. The summed E-state index contributed by atoms with van der Waals surface area (Å²) in [6.07, 6.45) is 3.44. The van der Waals surface area contributed by atoms with Crippen LogP contribution >= 0.6 is 23.4 Å². The summed E-state index contributed by atoms with van der Waals surface area (Å²) in [7, 11) is 0. The Kier molecular flexibility index (Phi) is 6.34. The molecule has 0 aliphatic heterocycles. The van der Waals surface area contributed by atoms with E-state index in [1.165, 1.54) is 11.8 Å². The van der Waals surface area contributed by atoms with Crippen molar-refractivity contribution >= 4 is 35.0 Å². The summed E-state index contributed by atoms with van der Waals surface area (Å²) in [5.41, 5.74) is 4.68. The first kappa shape index (κ1) is 21.1. The van der Waals surface area contributed by atoms with Crippen LogP contribution in [-0.2, 0) is 4.79 Å². The normalized spacial score (nSPS) is 10.8. The molecule has 4 rings (SSSR count). The summed E-state index contributed by atoms with van der Waals surface area (Å²) < 4.78 is 1.91. The highest BCUT2D eigenvalue weighted by atomic mass is 35.5. The van der Waals surface area contributed by atoms with Gasteiger partial charge in [0.15, 0.2) is 11.0 Å². The predicted octanol–water partition coefficient (Wildman–Crippen LogP) is 5.33. The Morgan fingerprint density at radius 3 is 2.61 bits per heavy atom. The number of hydrogen-bond acceptors (Lipinski definition) is 5. The minimum atomic E-state index is -0.106. The molecule has 0 aliphatic rings. The van der Waals surface area contributed by atoms with Crippen molar-refractivity contribution in [3.05, 3.63) is 83.1 Å². The molecule has 0 saturated heterocycles. The molecule has 0 unspecified atom stereocenters. The van der Waals surface area contributed by atoms with Gasteiger partial charge in [-0.05, 0) is 61.9 Å². The van der Waals surface area contributed by atoms with Gasteiger partial charge in [-0.25, -0.2) is 0 Å². The number of anilines is 1. The third-order valence-electron chi connectivity index (χ3n) is 4.63. The van der Waals surface area contributed by atoms with Crippen LogP contribution < -0.4 is 5.32 Å². The minimum Gasteiger partial charge on any atom is -0.325 e. The topological polar surface area (TPSA) is 72.7 Å². The fraction of sp³-hybridized carbons (Fsp3) is 0.130. The Hall–Kier alpha value is -3.16. The highest BCUT2D eigenvalue weighted by Gasteiger charge is 2.17. The molecule has 2 aromatic carbocycles. The molecule has 1 amide bonds. The molecule has 6 nitrogen and oxygen atoms in total. The second-order valence-corrected chi connectivity index (χ2v) is 8.39. The Balaban J connectivity index is 1.58. The Labute approximate surface area is 189 Å². The number of rotatable bonds is 6. The Morgan fingerprint density at radius 2 is 1.90 bits per heavy atom. The van der Waals surface area contributed by atoms with E-state index in [1.54, 1.807) is 12.4 Å². The van der Waals surface area contributed by atoms with Gasteiger partial charge in [0, 0.05) is 34.4 Å². The van der Waals surface area contributed by atoms with Crippen molar-refractivity contribution in [1.29, 1.82) is 0 Å². The molecule has 2 heterocycles. The maximum atomic E-state index is 12.6. The van der Waals surface area contributed by atoms with Crippen molar-refractivity contribution in [1.82, 2.24) is 19.7 Å². The number of pyridine rings is 1. The summed E-state index contributed by atoms with van der Waals surface area (Å²) in [5.74, 6) is 0.741. The van der Waals surface area contributed by atoms with Crippen molar-refractivity contribution in [2.45, 2.75) is 19.0 Å². The average molecular weight is 450 g/mol. The molecule has 0 saturated carbocycles. The zero-order valence-corrected chi connectivity index (χ0v) is 18.6. The largest absolute Gasteiger partial charge is 0.325 e. The standard InChI is InChI=1S/C23H20ClN5OS/c1-15-5-10-20(16(2)12-15)26-21(30)14-31-23-28-27-22(17-4-3-11-25-13-17)29(23)19-8-6-18(24)7-9-19/h3-13H,14H2,1-2H3,(H,26,30). The number of nitrogens with zero attached hydrogens (tertiary/aromatic N) is 4. The lowest BCUT2D eigenvalue weighted by Gasteiger charge is -2.11. The van der Waals surface area contributed by atoms with Crippen LogP contribution in [0.5, 0.6) is 0 Å². The Bertz CT molecular complexity index is 1210. The number of carbonyl (C=O) groups excluding carboxylic acids is 1. The summed E-state index contributed by atoms with van der Waals surface area (Å²) in [6.45, 7) is 4.00. The summed E-state index contributed by atoms with van der Waals surface area (Å²) >= 11 is 7.39. The summed E-state index contributed by atoms with van der Waals surface area (Å²) in [6, 6.07) is 17.1. The fourth-order valence-corrected chi connectivity index (χ4v) is 4.02. The lowest BCUT2D eigenvalue weighted by atomic mass is 10.1. The zero-order valence-electron chi connectivity index (χ0n) is 17.0. The van der Waals surface area contributed by atoms with Crippen LogP contribution in [0.25, 0.3) is 17.1 Å². The van der Waals surface area contributed by atoms with E-state index < -0.39 is 0 Å². The number of carbonyl (C=O) groups is 1. The van der Waals surface area contributed by atoms with Gasteiger partial charge in [-0.2, -0.15) is 0 Å². The number of benzene rings is 2. The lowest BCUT2D eigenvalue weighted by Crippen LogP contribution is -2.15. The molecule has 0 spiro atoms. The summed E-state index contributed by atoms with van der Waals surface area (Å²) in [4.78, 5) is 16.8. The van der Waals surface area contributed by atoms with Crippen molar-refractivity contribution in [3.8, 4) is 17.1 Å². The van der Waals surface area contributed by atoms with E-state index >= 15 is 0 Å². The molecular formula is C23H20ClN5OS. The van der Waals surface area contributed by atoms with E-state index in [0.29, 0.717) is 16.0 Å². The molecule has 156 valence electrons. The van der Waals surface area contributed by atoms with E-state index in [2.05, 4.69) is 20.5 Å². The highest BCUT2D eigenvalue weighted by molar-refractivity contribution is 7.99. The van der Waals surface area contributed by atoms with Gasteiger partial charge in [-0.15, -0.1) is 10.2 Å². The van der Waals surface area contributed by atoms with Crippen molar-refractivity contribution < 1.29 is 4.79 Å². The third kappa shape index (κ3) is 4.95. The molecule has 4 aromatic rings. The molecule has 0 atom stereocenters. The highest BCUT2D eigenvalue weighted by Crippen LogP contribution is 2.28. The van der Waals surface area contributed by atoms with Crippen LogP contribution in [-0.4, -0.2) is 31.4 Å². The molecule has 2 aromatic heterocycles. The molecule has 0 aliphatic carbocycles. The first-order chi connectivity index (χ1) is 15.0. The van der Waals surface area contributed by atoms with Crippen molar-refractivity contribution in [3.63, 3.8) is 0 Å². The van der Waals surface area contributed by atoms with Crippen LogP contribution in [0.3, 0.4) is 0 Å². The molecule has 0 fully saturated rings. The van der Waals surface area contributed by atoms with Crippen LogP contribution in [0, 0.1) is 13.8 Å². The van der Waals surface area contributed by atoms with Gasteiger partial charge >= 0.3 is 0 Å². The molecule has 0 radical (unpaired) electrons. The van der Waals surface area contributed by atoms with Crippen molar-refractivity contribution in [2.24, 2.45) is 0 Å². The monoisotopic (exact) mass is 449 g/mol. The molecule has 0 bridgehead atoms. The average Bonchev–Trinajstić information content (AvgIpc) is 3.19. The predicted molar refractivity (Wildman–Crippen MR) is 125 cm³/mol. The van der Waals surface area contributed by atoms with Gasteiger partial charge in [-0.3, -0.25) is 14.3 Å². The van der Waals surface area contributed by atoms with Gasteiger partial charge in [0.1, 0.15) is 0 Å². The first-order valence-corrected chi connectivity index (χ1v) is 11.0. The number of halogens is 1. The van der Waals surface area contributed by atoms with Gasteiger partial charge in [0.2, 0.25) is 5.91 Å². The minimum absolute atomic E-state index is 0.106. The number of hydrogen-bond donors (Lipinski definition) is 1. The van der Waals surface area contributed by atoms with Crippen LogP contribution in [0.2, 0.25) is 5.02 Å². The number of aryl methyl sites for hydroxylation is 2. The molecule has 1 N–H and O–H groups in total. The lowest BCUT2D eigenvalue weighted by molar-refractivity contribution is -0.113. The fourth-order valence-electron chi connectivity index (χ4n) is 3.14. The second-order valence-electron chi connectivity index (χ2n) is 7.01. The van der Waals surface area contributed by atoms with E-state index in [9.17, 15) is 4.79 Å². The van der Waals surface area contributed by atoms with E-state index in [1.807, 2.05) is 73.0 Å². The van der Waals surface area contributed by atoms with Crippen LogP contribution in [0.4, 0.5) is 5.69 Å². The number of thioether (sulfide) groups is 1. The SMILES string of the molecule is Cc1ccc(NC(=O)CSc2nnc(-c3cccnc3)n2-c2ccc(Cl)cc2)c(C)c1. The van der Waals surface area contributed by atoms with Gasteiger partial charge in [-0.1, -0.05) is 41.1 Å². The second kappa shape index (κ2) is 9.32. The number of nitrogens with one attached hydrogen (secondary N) is 1. The number of amides is 1. The van der Waals surface area contributed by atoms with Gasteiger partial charge in [0.05, 0.1) is 5.75 Å². The zero-order chi connectivity index (χ0) is 21.8. The van der Waals surface area contributed by atoms with Gasteiger partial charge in [0.25, 0.3) is 0 Å². The van der Waals surface area contributed by atoms with Crippen LogP contribution in [0.1, 0.15) is 11.1 Å². The van der Waals surface area contributed by atoms with E-state index in [-0.39, 0.29) is 11.7 Å². The quantitative estimate of drug-likeness (QED) is 0.403. The molecular weight excluding hydrogens is 430 g/mol. The maximum absolute atomic E-state index is 12.6. The van der Waals surface area contributed by atoms with E-state index in [0.717, 1.165) is 28.1 Å². The molecule has 8 heteroatoms. The van der Waals surface area contributed by atoms with Crippen molar-refractivity contribution in [2.75, 3.05) is 11.1 Å². The third-order valence-corrected chi connectivity index (χ3v) is 5.81. The smallest absolute Gasteiger partial charge is 0.234 e. The maximum Gasteiger partial charge on any atom is 0.234 e. The van der Waals surface area contributed by atoms with E-state index in [4.69, 9.17) is 11.6 Å². The number of aromatic nitrogens is 4. The molecule has 31 heavy (non-hydrogen) atoms. The summed E-state index contributed by atoms with van der Waals surface area (Å²) in [5, 5.41) is 12.9. The van der Waals surface area contributed by atoms with Gasteiger partial charge < -0.3 is 5.32 Å².